The molecule has 0 aliphatic heterocycles. The smallest absolute Gasteiger partial charge is 0.231 e. The average molecular weight is 286 g/mol. The molecule has 0 amide bonds. The standard InChI is InChI=1S/C17H20NO3/c1-4-13-7-9-18(10-8-13)12-16(19)15-6-5-14(20-2)11-17(15)21-3/h5-11H,4,12H2,1-3H3/q+1. The zero-order chi connectivity index (χ0) is 15.2. The van der Waals surface area contributed by atoms with Crippen LogP contribution in [0.1, 0.15) is 22.8 Å². The van der Waals surface area contributed by atoms with Gasteiger partial charge >= 0.3 is 0 Å². The lowest BCUT2D eigenvalue weighted by molar-refractivity contribution is -0.683. The van der Waals surface area contributed by atoms with Crippen molar-refractivity contribution in [3.8, 4) is 11.5 Å². The molecule has 0 aliphatic rings. The topological polar surface area (TPSA) is 39.4 Å². The third kappa shape index (κ3) is 3.60. The van der Waals surface area contributed by atoms with Crippen molar-refractivity contribution in [2.75, 3.05) is 14.2 Å². The van der Waals surface area contributed by atoms with Gasteiger partial charge in [-0.3, -0.25) is 4.79 Å². The molecule has 0 saturated heterocycles. The molecule has 4 nitrogen and oxygen atoms in total. The van der Waals surface area contributed by atoms with E-state index in [1.54, 1.807) is 32.4 Å². The third-order valence-electron chi connectivity index (χ3n) is 3.40. The molecular formula is C17H20NO3+. The highest BCUT2D eigenvalue weighted by atomic mass is 16.5. The third-order valence-corrected chi connectivity index (χ3v) is 3.40. The van der Waals surface area contributed by atoms with Gasteiger partial charge in [-0.05, 0) is 24.1 Å². The van der Waals surface area contributed by atoms with E-state index in [1.807, 2.05) is 29.1 Å². The summed E-state index contributed by atoms with van der Waals surface area (Å²) in [6.45, 7) is 2.39. The van der Waals surface area contributed by atoms with Gasteiger partial charge in [0.2, 0.25) is 12.3 Å². The van der Waals surface area contributed by atoms with Crippen LogP contribution in [0.2, 0.25) is 0 Å². The van der Waals surface area contributed by atoms with Crippen molar-refractivity contribution in [2.24, 2.45) is 0 Å². The quantitative estimate of drug-likeness (QED) is 0.605. The summed E-state index contributed by atoms with van der Waals surface area (Å²) in [6, 6.07) is 9.27. The van der Waals surface area contributed by atoms with E-state index in [9.17, 15) is 4.79 Å². The van der Waals surface area contributed by atoms with Crippen LogP contribution in [-0.4, -0.2) is 20.0 Å². The lowest BCUT2D eigenvalue weighted by Crippen LogP contribution is -2.37. The number of Topliss-reactive ketones (excluding diaryl/α,β-unsaturated/α-hetero) is 1. The lowest BCUT2D eigenvalue weighted by atomic mass is 10.1. The van der Waals surface area contributed by atoms with Crippen molar-refractivity contribution < 1.29 is 18.8 Å². The fourth-order valence-corrected chi connectivity index (χ4v) is 2.11. The number of methoxy groups -OCH3 is 2. The van der Waals surface area contributed by atoms with Gasteiger partial charge in [-0.1, -0.05) is 6.92 Å². The molecule has 1 heterocycles. The van der Waals surface area contributed by atoms with E-state index in [1.165, 1.54) is 5.56 Å². The Morgan fingerprint density at radius 1 is 1.10 bits per heavy atom. The lowest BCUT2D eigenvalue weighted by Gasteiger charge is -2.08. The van der Waals surface area contributed by atoms with E-state index in [2.05, 4.69) is 6.92 Å². The summed E-state index contributed by atoms with van der Waals surface area (Å²) in [4.78, 5) is 12.4. The Kier molecular flexibility index (Phi) is 4.93. The normalized spacial score (nSPS) is 10.2. The van der Waals surface area contributed by atoms with Gasteiger partial charge in [0.1, 0.15) is 11.5 Å². The molecule has 0 saturated carbocycles. The Bertz CT molecular complexity index is 620. The predicted molar refractivity (Wildman–Crippen MR) is 79.9 cm³/mol. The van der Waals surface area contributed by atoms with E-state index < -0.39 is 0 Å². The van der Waals surface area contributed by atoms with Gasteiger partial charge in [0, 0.05) is 18.2 Å². The monoisotopic (exact) mass is 286 g/mol. The molecule has 0 bridgehead atoms. The molecule has 110 valence electrons. The van der Waals surface area contributed by atoms with Gasteiger partial charge in [0.05, 0.1) is 19.8 Å². The maximum absolute atomic E-state index is 12.4. The summed E-state index contributed by atoms with van der Waals surface area (Å²) in [7, 11) is 3.14. The number of hydrogen-bond donors (Lipinski definition) is 0. The molecule has 0 atom stereocenters. The van der Waals surface area contributed by atoms with Crippen LogP contribution in [0.15, 0.2) is 42.7 Å². The maximum atomic E-state index is 12.4. The van der Waals surface area contributed by atoms with Gasteiger partial charge in [-0.2, -0.15) is 4.57 Å². The van der Waals surface area contributed by atoms with Crippen LogP contribution in [0.5, 0.6) is 11.5 Å². The second-order valence-electron chi connectivity index (χ2n) is 4.72. The number of hydrogen-bond acceptors (Lipinski definition) is 3. The van der Waals surface area contributed by atoms with Gasteiger partial charge in [0.25, 0.3) is 0 Å². The zero-order valence-corrected chi connectivity index (χ0v) is 12.6. The number of pyridine rings is 1. The van der Waals surface area contributed by atoms with Crippen LogP contribution < -0.4 is 14.0 Å². The van der Waals surface area contributed by atoms with Crippen LogP contribution >= 0.6 is 0 Å². The first-order valence-corrected chi connectivity index (χ1v) is 6.91. The Morgan fingerprint density at radius 3 is 2.38 bits per heavy atom. The molecule has 0 N–H and O–H groups in total. The summed E-state index contributed by atoms with van der Waals surface area (Å²) >= 11 is 0. The first-order valence-electron chi connectivity index (χ1n) is 6.91. The largest absolute Gasteiger partial charge is 0.497 e. The summed E-state index contributed by atoms with van der Waals surface area (Å²) in [6.07, 6.45) is 4.83. The number of nitrogens with zero attached hydrogens (tertiary/aromatic N) is 1. The fourth-order valence-electron chi connectivity index (χ4n) is 2.11. The number of benzene rings is 1. The van der Waals surface area contributed by atoms with Crippen LogP contribution in [-0.2, 0) is 13.0 Å². The average Bonchev–Trinajstić information content (AvgIpc) is 2.54. The second kappa shape index (κ2) is 6.88. The highest BCUT2D eigenvalue weighted by Crippen LogP contribution is 2.24. The number of carbonyl (C=O) groups excluding carboxylic acids is 1. The molecule has 2 aromatic rings. The molecule has 1 aromatic heterocycles. The fraction of sp³-hybridized carbons (Fsp3) is 0.294. The number of ether oxygens (including phenoxy) is 2. The SMILES string of the molecule is CCc1cc[n+](CC(=O)c2ccc(OC)cc2OC)cc1. The van der Waals surface area contributed by atoms with Crippen molar-refractivity contribution in [3.63, 3.8) is 0 Å². The number of carbonyl (C=O) groups is 1. The first kappa shape index (κ1) is 15.0. The minimum absolute atomic E-state index is 0.00347. The second-order valence-corrected chi connectivity index (χ2v) is 4.72. The van der Waals surface area contributed by atoms with Crippen molar-refractivity contribution >= 4 is 5.78 Å². The number of rotatable bonds is 6. The molecular weight excluding hydrogens is 266 g/mol. The van der Waals surface area contributed by atoms with E-state index in [0.717, 1.165) is 6.42 Å². The van der Waals surface area contributed by atoms with E-state index in [4.69, 9.17) is 9.47 Å². The highest BCUT2D eigenvalue weighted by Gasteiger charge is 2.17. The van der Waals surface area contributed by atoms with Crippen LogP contribution in [0, 0.1) is 0 Å². The first-order chi connectivity index (χ1) is 10.2. The Hall–Kier alpha value is -2.36. The minimum Gasteiger partial charge on any atom is -0.497 e. The van der Waals surface area contributed by atoms with Crippen LogP contribution in [0.25, 0.3) is 0 Å². The van der Waals surface area contributed by atoms with E-state index in [0.29, 0.717) is 17.1 Å². The number of aromatic nitrogens is 1. The predicted octanol–water partition coefficient (Wildman–Crippen LogP) is 2.44. The number of ketones is 1. The molecule has 0 spiro atoms. The van der Waals surface area contributed by atoms with Crippen molar-refractivity contribution in [1.82, 2.24) is 0 Å². The Balaban J connectivity index is 2.19. The highest BCUT2D eigenvalue weighted by molar-refractivity contribution is 5.97. The van der Waals surface area contributed by atoms with Crippen molar-refractivity contribution in [1.29, 1.82) is 0 Å². The van der Waals surface area contributed by atoms with Crippen molar-refractivity contribution in [3.05, 3.63) is 53.9 Å². The van der Waals surface area contributed by atoms with Crippen LogP contribution in [0.4, 0.5) is 0 Å². The molecule has 2 rings (SSSR count). The summed E-state index contributed by atoms with van der Waals surface area (Å²) in [5.41, 5.74) is 1.81. The van der Waals surface area contributed by atoms with Gasteiger partial charge in [-0.25, -0.2) is 0 Å². The van der Waals surface area contributed by atoms with E-state index in [-0.39, 0.29) is 12.3 Å². The van der Waals surface area contributed by atoms with E-state index >= 15 is 0 Å². The number of aryl methyl sites for hydroxylation is 1. The maximum Gasteiger partial charge on any atom is 0.231 e. The van der Waals surface area contributed by atoms with Gasteiger partial charge in [-0.15, -0.1) is 0 Å². The van der Waals surface area contributed by atoms with Crippen LogP contribution in [0.3, 0.4) is 0 Å². The van der Waals surface area contributed by atoms with Crippen molar-refractivity contribution in [2.45, 2.75) is 19.9 Å². The summed E-state index contributed by atoms with van der Waals surface area (Å²) in [5.74, 6) is 1.21. The molecule has 0 unspecified atom stereocenters. The van der Waals surface area contributed by atoms with Gasteiger partial charge in [0.15, 0.2) is 12.4 Å². The summed E-state index contributed by atoms with van der Waals surface area (Å²) in [5, 5.41) is 0. The zero-order valence-electron chi connectivity index (χ0n) is 12.6. The Labute approximate surface area is 124 Å². The molecule has 0 aliphatic carbocycles. The molecule has 0 radical (unpaired) electrons. The molecule has 0 fully saturated rings. The molecule has 4 heteroatoms. The Morgan fingerprint density at radius 2 is 1.81 bits per heavy atom. The molecule has 21 heavy (non-hydrogen) atoms. The summed E-state index contributed by atoms with van der Waals surface area (Å²) < 4.78 is 12.3. The van der Waals surface area contributed by atoms with Gasteiger partial charge < -0.3 is 9.47 Å². The minimum atomic E-state index is 0.00347. The molecule has 1 aromatic carbocycles.